The van der Waals surface area contributed by atoms with Gasteiger partial charge >= 0.3 is 0 Å². The van der Waals surface area contributed by atoms with E-state index in [1.165, 1.54) is 32.4 Å². The molecule has 4 heteroatoms. The van der Waals surface area contributed by atoms with E-state index in [4.69, 9.17) is 0 Å². The Morgan fingerprint density at radius 2 is 2.29 bits per heavy atom. The van der Waals surface area contributed by atoms with E-state index in [9.17, 15) is 0 Å². The lowest BCUT2D eigenvalue weighted by Gasteiger charge is -2.22. The first kappa shape index (κ1) is 9.65. The lowest BCUT2D eigenvalue weighted by molar-refractivity contribution is 0.331. The van der Waals surface area contributed by atoms with E-state index in [1.54, 1.807) is 0 Å². The fourth-order valence-corrected chi connectivity index (χ4v) is 1.98. The van der Waals surface area contributed by atoms with Crippen LogP contribution in [-0.2, 0) is 6.54 Å². The van der Waals surface area contributed by atoms with Crippen LogP contribution in [0.25, 0.3) is 0 Å². The van der Waals surface area contributed by atoms with E-state index in [2.05, 4.69) is 15.4 Å². The topological polar surface area (TPSA) is 42.7 Å². The molecule has 0 radical (unpaired) electrons. The summed E-state index contributed by atoms with van der Waals surface area (Å²) >= 11 is 0. The minimum absolute atomic E-state index is 0.871. The van der Waals surface area contributed by atoms with Gasteiger partial charge in [-0.2, -0.15) is 5.10 Å². The zero-order valence-electron chi connectivity index (χ0n) is 8.74. The lowest BCUT2D eigenvalue weighted by Crippen LogP contribution is -2.28. The molecule has 1 aromatic heterocycles. The maximum atomic E-state index is 4.29. The van der Waals surface area contributed by atoms with Gasteiger partial charge in [-0.3, -0.25) is 4.68 Å². The predicted molar refractivity (Wildman–Crippen MR) is 55.0 cm³/mol. The van der Waals surface area contributed by atoms with Crippen LogP contribution in [0.4, 0.5) is 0 Å². The highest BCUT2D eigenvalue weighted by Crippen LogP contribution is 2.16. The number of nitrogens with one attached hydrogen (secondary N) is 1. The molecule has 0 amide bonds. The van der Waals surface area contributed by atoms with Crippen molar-refractivity contribution in [1.29, 1.82) is 0 Å². The van der Waals surface area contributed by atoms with Crippen LogP contribution in [0.2, 0.25) is 0 Å². The molecule has 2 rings (SSSR count). The Kier molecular flexibility index (Phi) is 3.14. The number of aryl methyl sites for hydroxylation is 2. The summed E-state index contributed by atoms with van der Waals surface area (Å²) in [7, 11) is 0. The van der Waals surface area contributed by atoms with E-state index >= 15 is 0 Å². The largest absolute Gasteiger partial charge is 0.317 e. The van der Waals surface area contributed by atoms with Crippen LogP contribution in [-0.4, -0.2) is 27.9 Å². The quantitative estimate of drug-likeness (QED) is 0.780. The highest BCUT2D eigenvalue weighted by atomic mass is 15.3. The summed E-state index contributed by atoms with van der Waals surface area (Å²) in [5.41, 5.74) is 0. The predicted octanol–water partition coefficient (Wildman–Crippen LogP) is 0.976. The van der Waals surface area contributed by atoms with Crippen molar-refractivity contribution in [3.05, 3.63) is 12.2 Å². The monoisotopic (exact) mass is 194 g/mol. The average molecular weight is 194 g/mol. The van der Waals surface area contributed by atoms with Gasteiger partial charge in [-0.15, -0.1) is 0 Å². The maximum absolute atomic E-state index is 4.29. The first-order valence-corrected chi connectivity index (χ1v) is 5.41. The molecule has 0 bridgehead atoms. The molecule has 0 atom stereocenters. The molecule has 4 nitrogen and oxygen atoms in total. The van der Waals surface area contributed by atoms with Crippen LogP contribution in [0.5, 0.6) is 0 Å². The molecule has 0 aliphatic carbocycles. The average Bonchev–Trinajstić information content (AvgIpc) is 2.63. The Labute approximate surface area is 84.7 Å². The Morgan fingerprint density at radius 1 is 1.50 bits per heavy atom. The molecule has 0 aromatic carbocycles. The number of piperidine rings is 1. The first-order chi connectivity index (χ1) is 6.84. The van der Waals surface area contributed by atoms with Crippen molar-refractivity contribution in [2.45, 2.75) is 32.7 Å². The molecule has 78 valence electrons. The molecule has 1 fully saturated rings. The fraction of sp³-hybridized carbons (Fsp3) is 0.800. The van der Waals surface area contributed by atoms with Gasteiger partial charge in [-0.25, -0.2) is 4.98 Å². The molecular weight excluding hydrogens is 176 g/mol. The van der Waals surface area contributed by atoms with Gasteiger partial charge in [0.05, 0.1) is 0 Å². The minimum atomic E-state index is 0.871. The molecular formula is C10H18N4. The van der Waals surface area contributed by atoms with E-state index in [1.807, 2.05) is 17.9 Å². The minimum Gasteiger partial charge on any atom is -0.317 e. The van der Waals surface area contributed by atoms with Crippen LogP contribution in [0.15, 0.2) is 6.33 Å². The highest BCUT2D eigenvalue weighted by molar-refractivity contribution is 4.75. The maximum Gasteiger partial charge on any atom is 0.147 e. The van der Waals surface area contributed by atoms with Crippen LogP contribution in [0.3, 0.4) is 0 Å². The Bertz CT molecular complexity index is 275. The normalized spacial score (nSPS) is 18.6. The number of hydrogen-bond acceptors (Lipinski definition) is 3. The van der Waals surface area contributed by atoms with Crippen molar-refractivity contribution in [2.24, 2.45) is 5.92 Å². The van der Waals surface area contributed by atoms with Gasteiger partial charge in [0, 0.05) is 6.54 Å². The molecule has 1 aliphatic rings. The number of aromatic nitrogens is 3. The molecule has 14 heavy (non-hydrogen) atoms. The van der Waals surface area contributed by atoms with Crippen molar-refractivity contribution in [1.82, 2.24) is 20.1 Å². The second kappa shape index (κ2) is 4.55. The smallest absolute Gasteiger partial charge is 0.147 e. The Morgan fingerprint density at radius 3 is 2.93 bits per heavy atom. The van der Waals surface area contributed by atoms with Gasteiger partial charge in [0.1, 0.15) is 12.2 Å². The number of hydrogen-bond donors (Lipinski definition) is 1. The molecule has 1 saturated heterocycles. The van der Waals surface area contributed by atoms with Crippen molar-refractivity contribution in [2.75, 3.05) is 13.1 Å². The van der Waals surface area contributed by atoms with Gasteiger partial charge < -0.3 is 5.32 Å². The zero-order valence-corrected chi connectivity index (χ0v) is 8.74. The van der Waals surface area contributed by atoms with E-state index in [0.29, 0.717) is 0 Å². The standard InChI is InChI=1S/C10H18N4/c1-9-12-8-14(13-9)7-4-10-2-5-11-6-3-10/h8,10-11H,2-7H2,1H3. The molecule has 1 N–H and O–H groups in total. The van der Waals surface area contributed by atoms with Crippen LogP contribution in [0, 0.1) is 12.8 Å². The van der Waals surface area contributed by atoms with E-state index < -0.39 is 0 Å². The summed E-state index contributed by atoms with van der Waals surface area (Å²) in [5, 5.41) is 7.67. The number of rotatable bonds is 3. The van der Waals surface area contributed by atoms with Crippen LogP contribution in [0.1, 0.15) is 25.1 Å². The first-order valence-electron chi connectivity index (χ1n) is 5.41. The van der Waals surface area contributed by atoms with E-state index in [0.717, 1.165) is 18.3 Å². The third-order valence-electron chi connectivity index (χ3n) is 2.88. The molecule has 0 saturated carbocycles. The summed E-state index contributed by atoms with van der Waals surface area (Å²) in [4.78, 5) is 4.12. The fourth-order valence-electron chi connectivity index (χ4n) is 1.98. The molecule has 2 heterocycles. The van der Waals surface area contributed by atoms with Crippen molar-refractivity contribution < 1.29 is 0 Å². The molecule has 0 spiro atoms. The summed E-state index contributed by atoms with van der Waals surface area (Å²) in [6.45, 7) is 5.31. The Hall–Kier alpha value is -0.900. The van der Waals surface area contributed by atoms with Gasteiger partial charge in [0.25, 0.3) is 0 Å². The second-order valence-corrected chi connectivity index (χ2v) is 4.04. The summed E-state index contributed by atoms with van der Waals surface area (Å²) in [6, 6.07) is 0. The SMILES string of the molecule is Cc1ncn(CCC2CCNCC2)n1. The van der Waals surface area contributed by atoms with Gasteiger partial charge in [0.15, 0.2) is 0 Å². The van der Waals surface area contributed by atoms with Crippen molar-refractivity contribution >= 4 is 0 Å². The van der Waals surface area contributed by atoms with Crippen molar-refractivity contribution in [3.8, 4) is 0 Å². The molecule has 0 unspecified atom stereocenters. The number of nitrogens with zero attached hydrogens (tertiary/aromatic N) is 3. The third-order valence-corrected chi connectivity index (χ3v) is 2.88. The van der Waals surface area contributed by atoms with E-state index in [-0.39, 0.29) is 0 Å². The van der Waals surface area contributed by atoms with Crippen molar-refractivity contribution in [3.63, 3.8) is 0 Å². The van der Waals surface area contributed by atoms with Gasteiger partial charge in [-0.1, -0.05) is 0 Å². The third kappa shape index (κ3) is 2.54. The summed E-state index contributed by atoms with van der Waals surface area (Å²) in [5.74, 6) is 1.75. The Balaban J connectivity index is 1.76. The molecule has 1 aliphatic heterocycles. The highest BCUT2D eigenvalue weighted by Gasteiger charge is 2.12. The zero-order chi connectivity index (χ0) is 9.80. The summed E-state index contributed by atoms with van der Waals surface area (Å²) in [6.07, 6.45) is 5.70. The van der Waals surface area contributed by atoms with Crippen LogP contribution < -0.4 is 5.32 Å². The molecule has 1 aromatic rings. The summed E-state index contributed by atoms with van der Waals surface area (Å²) < 4.78 is 1.96. The van der Waals surface area contributed by atoms with Gasteiger partial charge in [0.2, 0.25) is 0 Å². The van der Waals surface area contributed by atoms with Crippen LogP contribution >= 0.6 is 0 Å². The van der Waals surface area contributed by atoms with Gasteiger partial charge in [-0.05, 0) is 45.2 Å². The second-order valence-electron chi connectivity index (χ2n) is 4.04. The lowest BCUT2D eigenvalue weighted by atomic mass is 9.95.